The Labute approximate surface area is 427 Å². The van der Waals surface area contributed by atoms with E-state index in [-0.39, 0.29) is 0 Å². The molecule has 0 bridgehead atoms. The van der Waals surface area contributed by atoms with Crippen LogP contribution in [0, 0.1) is 5.41 Å². The number of likely N-dealkylation sites (N-methyl/N-ethyl adjacent to an activating group) is 4. The van der Waals surface area contributed by atoms with Gasteiger partial charge in [0.25, 0.3) is 0 Å². The van der Waals surface area contributed by atoms with E-state index in [4.69, 9.17) is 18.9 Å². The molecule has 0 aliphatic carbocycles. The lowest BCUT2D eigenvalue weighted by atomic mass is 9.87. The lowest BCUT2D eigenvalue weighted by Gasteiger charge is -2.51. The molecule has 4 heterocycles. The van der Waals surface area contributed by atoms with Crippen molar-refractivity contribution in [3.8, 4) is 0 Å². The van der Waals surface area contributed by atoms with Crippen LogP contribution < -0.4 is 0 Å². The maximum atomic E-state index is 13.9. The van der Waals surface area contributed by atoms with Crippen LogP contribution >= 0.6 is 0 Å². The van der Waals surface area contributed by atoms with Crippen molar-refractivity contribution >= 4 is 71.1 Å². The zero-order valence-corrected chi connectivity index (χ0v) is 46.3. The molecular formula is C49H76N8O16. The number of rotatable bonds is 16. The number of ether oxygens (including phenoxy) is 4. The molecule has 24 heteroatoms. The number of esters is 4. The second-order valence-corrected chi connectivity index (χ2v) is 23.6. The minimum atomic E-state index is -2.15. The van der Waals surface area contributed by atoms with Crippen LogP contribution in [0.1, 0.15) is 111 Å². The highest BCUT2D eigenvalue weighted by atomic mass is 16.6. The van der Waals surface area contributed by atoms with E-state index < -0.39 is 173 Å². The first kappa shape index (κ1) is 59.8. The second kappa shape index (κ2) is 19.5. The minimum Gasteiger partial charge on any atom is -0.463 e. The van der Waals surface area contributed by atoms with E-state index in [9.17, 15) is 57.5 Å². The van der Waals surface area contributed by atoms with Crippen molar-refractivity contribution in [1.29, 1.82) is 0 Å². The van der Waals surface area contributed by atoms with Crippen molar-refractivity contribution in [3.63, 3.8) is 0 Å². The predicted octanol–water partition coefficient (Wildman–Crippen LogP) is -0.423. The molecule has 0 aromatic heterocycles. The van der Waals surface area contributed by atoms with Gasteiger partial charge in [0.2, 0.25) is 47.3 Å². The zero-order valence-electron chi connectivity index (χ0n) is 46.3. The summed E-state index contributed by atoms with van der Waals surface area (Å²) in [4.78, 5) is 174. The summed E-state index contributed by atoms with van der Waals surface area (Å²) in [6, 6.07) is 0. The summed E-state index contributed by atoms with van der Waals surface area (Å²) >= 11 is 0. The summed E-state index contributed by atoms with van der Waals surface area (Å²) < 4.78 is 22.7. The van der Waals surface area contributed by atoms with Gasteiger partial charge in [-0.05, 0) is 139 Å². The Morgan fingerprint density at radius 1 is 0.301 bits per heavy atom. The molecule has 4 aliphatic rings. The van der Waals surface area contributed by atoms with Gasteiger partial charge in [-0.3, -0.25) is 96.7 Å². The fraction of sp³-hybridized carbons (Fsp3) is 0.755. The van der Waals surface area contributed by atoms with Gasteiger partial charge in [-0.1, -0.05) is 0 Å². The van der Waals surface area contributed by atoms with Crippen LogP contribution in [0.4, 0.5) is 0 Å². The summed E-state index contributed by atoms with van der Waals surface area (Å²) in [6.07, 6.45) is 0. The Morgan fingerprint density at radius 2 is 0.425 bits per heavy atom. The van der Waals surface area contributed by atoms with Crippen molar-refractivity contribution in [3.05, 3.63) is 0 Å². The average Bonchev–Trinajstić information content (AvgIpc) is 3.30. The summed E-state index contributed by atoms with van der Waals surface area (Å²) in [5.74, 6) is -10.7. The van der Waals surface area contributed by atoms with Gasteiger partial charge in [0.05, 0.1) is 44.3 Å². The molecular weight excluding hydrogens is 957 g/mol. The molecule has 0 saturated carbocycles. The highest BCUT2D eigenvalue weighted by Crippen LogP contribution is 2.37. The molecule has 4 saturated heterocycles. The van der Waals surface area contributed by atoms with Gasteiger partial charge < -0.3 is 18.9 Å². The first-order valence-corrected chi connectivity index (χ1v) is 23.9. The molecule has 4 fully saturated rings. The van der Waals surface area contributed by atoms with E-state index in [0.29, 0.717) is 0 Å². The minimum absolute atomic E-state index is 0.719. The van der Waals surface area contributed by atoms with Crippen molar-refractivity contribution in [2.75, 3.05) is 80.8 Å². The lowest BCUT2D eigenvalue weighted by molar-refractivity contribution is -0.185. The third-order valence-electron chi connectivity index (χ3n) is 16.2. The first-order valence-electron chi connectivity index (χ1n) is 23.9. The second-order valence-electron chi connectivity index (χ2n) is 23.6. The van der Waals surface area contributed by atoms with Crippen LogP contribution in [0.15, 0.2) is 0 Å². The Hall–Kier alpha value is -5.72. The first-order chi connectivity index (χ1) is 32.8. The van der Waals surface area contributed by atoms with E-state index in [0.717, 1.165) is 19.6 Å². The van der Waals surface area contributed by atoms with Gasteiger partial charge in [0, 0.05) is 0 Å². The van der Waals surface area contributed by atoms with Crippen molar-refractivity contribution in [2.24, 2.45) is 5.41 Å². The number of piperazine rings is 4. The standard InChI is InChI=1S/C49H76N8O16/c1-41(2)33(62)54(34(63)42(3,4)50(41)17)21-29(58)70-25-49(26-71-30(59)22-55-35(64)43(5,6)51(18)44(7,8)36(55)65,27-72-31(60)23-56-37(66)45(9,10)52(19)46(11,12)38(56)67)28-73-32(61)24-57-39(68)47(13,14)53(20)48(15,16)40(57)69/h21-28H2,1-20H3. The molecule has 8 amide bonds. The fourth-order valence-corrected chi connectivity index (χ4v) is 9.41. The molecule has 408 valence electrons. The van der Waals surface area contributed by atoms with Crippen molar-refractivity contribution in [2.45, 2.75) is 155 Å². The fourth-order valence-electron chi connectivity index (χ4n) is 9.41. The molecule has 0 unspecified atom stereocenters. The van der Waals surface area contributed by atoms with E-state index in [1.807, 2.05) is 0 Å². The van der Waals surface area contributed by atoms with Gasteiger partial charge >= 0.3 is 23.9 Å². The number of hydrogen-bond donors (Lipinski definition) is 0. The lowest BCUT2D eigenvalue weighted by Crippen LogP contribution is -2.73. The predicted molar refractivity (Wildman–Crippen MR) is 257 cm³/mol. The van der Waals surface area contributed by atoms with Gasteiger partial charge in [0.1, 0.15) is 58.0 Å². The van der Waals surface area contributed by atoms with Crippen LogP contribution in [0.3, 0.4) is 0 Å². The maximum absolute atomic E-state index is 13.9. The van der Waals surface area contributed by atoms with E-state index in [1.165, 1.54) is 0 Å². The number of carbonyl (C=O) groups excluding carboxylic acids is 12. The monoisotopic (exact) mass is 1030 g/mol. The molecule has 0 spiro atoms. The molecule has 73 heavy (non-hydrogen) atoms. The van der Waals surface area contributed by atoms with Crippen LogP contribution in [0.2, 0.25) is 0 Å². The molecule has 4 aliphatic heterocycles. The molecule has 0 radical (unpaired) electrons. The third kappa shape index (κ3) is 10.4. The highest BCUT2D eigenvalue weighted by molar-refractivity contribution is 6.10. The Balaban J connectivity index is 1.75. The summed E-state index contributed by atoms with van der Waals surface area (Å²) in [5, 5.41) is 0. The highest BCUT2D eigenvalue weighted by Gasteiger charge is 2.58. The van der Waals surface area contributed by atoms with E-state index in [1.54, 1.807) is 159 Å². The van der Waals surface area contributed by atoms with Crippen molar-refractivity contribution in [1.82, 2.24) is 39.2 Å². The van der Waals surface area contributed by atoms with E-state index in [2.05, 4.69) is 0 Å². The number of hydrogen-bond acceptors (Lipinski definition) is 20. The average molecular weight is 1030 g/mol. The van der Waals surface area contributed by atoms with Crippen LogP contribution in [0.5, 0.6) is 0 Å². The van der Waals surface area contributed by atoms with Crippen LogP contribution in [0.25, 0.3) is 0 Å². The summed E-state index contributed by atoms with van der Waals surface area (Å²) in [6.45, 7) is 17.4. The van der Waals surface area contributed by atoms with Gasteiger partial charge in [-0.2, -0.15) is 0 Å². The normalized spacial score (nSPS) is 23.9. The summed E-state index contributed by atoms with van der Waals surface area (Å²) in [7, 11) is 6.32. The van der Waals surface area contributed by atoms with Gasteiger partial charge in [-0.25, -0.2) is 0 Å². The molecule has 0 aromatic carbocycles. The third-order valence-corrected chi connectivity index (χ3v) is 16.2. The topological polar surface area (TPSA) is 268 Å². The Morgan fingerprint density at radius 3 is 0.548 bits per heavy atom. The smallest absolute Gasteiger partial charge is 0.326 e. The number of imide groups is 4. The van der Waals surface area contributed by atoms with Crippen LogP contribution in [-0.4, -0.2) is 235 Å². The van der Waals surface area contributed by atoms with Crippen molar-refractivity contribution < 1.29 is 76.5 Å². The quantitative estimate of drug-likeness (QED) is 0.108. The largest absolute Gasteiger partial charge is 0.463 e. The SMILES string of the molecule is CN1C(C)(C)C(=O)N(CC(=O)OCC(COC(=O)CN2C(=O)C(C)(C)N(C)C(C)(C)C2=O)(COC(=O)CN2C(=O)C(C)(C)N(C)C(C)(C)C2=O)COC(=O)CN2C(=O)C(C)(C)N(C)C(C)(C)C2=O)C(=O)C1(C)C. The van der Waals surface area contributed by atoms with E-state index >= 15 is 0 Å². The molecule has 24 nitrogen and oxygen atoms in total. The molecule has 0 atom stereocenters. The molecule has 0 aromatic rings. The number of nitrogens with zero attached hydrogens (tertiary/aromatic N) is 8. The zero-order chi connectivity index (χ0) is 56.5. The van der Waals surface area contributed by atoms with Gasteiger partial charge in [-0.15, -0.1) is 0 Å². The Bertz CT molecular complexity index is 1950. The van der Waals surface area contributed by atoms with Gasteiger partial charge in [0.15, 0.2) is 0 Å². The molecule has 0 N–H and O–H groups in total. The summed E-state index contributed by atoms with van der Waals surface area (Å²) in [5.41, 5.74) is -12.3. The maximum Gasteiger partial charge on any atom is 0.326 e. The van der Waals surface area contributed by atoms with Crippen LogP contribution in [-0.2, 0) is 76.5 Å². The Kier molecular flexibility index (Phi) is 16.0. The number of amides is 8. The number of carbonyl (C=O) groups is 12. The molecule has 4 rings (SSSR count).